The molecule has 162 valence electrons. The van der Waals surface area contributed by atoms with Crippen LogP contribution >= 0.6 is 0 Å². The summed E-state index contributed by atoms with van der Waals surface area (Å²) >= 11 is 0. The maximum atomic E-state index is 12.2. The summed E-state index contributed by atoms with van der Waals surface area (Å²) in [6.07, 6.45) is 1.03. The average molecular weight is 427 g/mol. The first-order valence-electron chi connectivity index (χ1n) is 10.7. The van der Waals surface area contributed by atoms with E-state index in [1.54, 1.807) is 0 Å². The lowest BCUT2D eigenvalue weighted by Crippen LogP contribution is -2.12. The number of hydrogen-bond acceptors (Lipinski definition) is 5. The fourth-order valence-corrected chi connectivity index (χ4v) is 3.45. The Kier molecular flexibility index (Phi) is 6.60. The van der Waals surface area contributed by atoms with Crippen LogP contribution in [0.3, 0.4) is 0 Å². The number of aromatic nitrogens is 2. The second-order valence-corrected chi connectivity index (χ2v) is 7.69. The second-order valence-electron chi connectivity index (χ2n) is 7.69. The third-order valence-corrected chi connectivity index (χ3v) is 4.94. The zero-order valence-corrected chi connectivity index (χ0v) is 18.3. The molecule has 0 spiro atoms. The molecule has 4 aromatic rings. The topological polar surface area (TPSA) is 76.1 Å². The van der Waals surface area contributed by atoms with Crippen molar-refractivity contribution >= 4 is 34.0 Å². The summed E-state index contributed by atoms with van der Waals surface area (Å²) in [5.41, 5.74) is 3.43. The molecule has 1 heterocycles. The van der Waals surface area contributed by atoms with Crippen molar-refractivity contribution in [2.45, 2.75) is 26.7 Å². The molecule has 6 heteroatoms. The van der Waals surface area contributed by atoms with Gasteiger partial charge in [-0.05, 0) is 73.5 Å². The van der Waals surface area contributed by atoms with Crippen molar-refractivity contribution in [1.29, 1.82) is 0 Å². The lowest BCUT2D eigenvalue weighted by atomic mass is 10.1. The lowest BCUT2D eigenvalue weighted by Gasteiger charge is -2.09. The van der Waals surface area contributed by atoms with Crippen LogP contribution in [0.15, 0.2) is 72.8 Å². The van der Waals surface area contributed by atoms with Crippen LogP contribution in [0.1, 0.15) is 24.2 Å². The monoisotopic (exact) mass is 426 g/mol. The molecule has 4 rings (SSSR count). The van der Waals surface area contributed by atoms with Gasteiger partial charge in [0, 0.05) is 29.2 Å². The Morgan fingerprint density at radius 3 is 2.28 bits per heavy atom. The van der Waals surface area contributed by atoms with Crippen molar-refractivity contribution in [1.82, 2.24) is 9.97 Å². The van der Waals surface area contributed by atoms with Crippen LogP contribution in [-0.2, 0) is 4.79 Å². The SMILES string of the molecule is Cc1cc(C)nc(Nc2ccc(NC(=O)CCCOc3ccc4ccccc4c3)cc2)n1. The van der Waals surface area contributed by atoms with Crippen LogP contribution in [0.2, 0.25) is 0 Å². The fraction of sp³-hybridized carbons (Fsp3) is 0.192. The van der Waals surface area contributed by atoms with Crippen LogP contribution in [-0.4, -0.2) is 22.5 Å². The van der Waals surface area contributed by atoms with Crippen molar-refractivity contribution in [2.24, 2.45) is 0 Å². The minimum Gasteiger partial charge on any atom is -0.494 e. The predicted octanol–water partition coefficient (Wildman–Crippen LogP) is 5.79. The summed E-state index contributed by atoms with van der Waals surface area (Å²) in [7, 11) is 0. The van der Waals surface area contributed by atoms with Gasteiger partial charge in [0.05, 0.1) is 6.61 Å². The van der Waals surface area contributed by atoms with Crippen LogP contribution in [0, 0.1) is 13.8 Å². The number of carbonyl (C=O) groups is 1. The summed E-state index contributed by atoms with van der Waals surface area (Å²) in [5, 5.41) is 8.43. The number of nitrogens with zero attached hydrogens (tertiary/aromatic N) is 2. The number of fused-ring (bicyclic) bond motifs is 1. The second kappa shape index (κ2) is 9.92. The molecule has 3 aromatic carbocycles. The Morgan fingerprint density at radius 2 is 1.53 bits per heavy atom. The number of benzene rings is 3. The molecule has 0 unspecified atom stereocenters. The van der Waals surface area contributed by atoms with E-state index in [4.69, 9.17) is 4.74 Å². The Hall–Kier alpha value is -3.93. The Morgan fingerprint density at radius 1 is 0.844 bits per heavy atom. The van der Waals surface area contributed by atoms with Gasteiger partial charge in [-0.1, -0.05) is 30.3 Å². The van der Waals surface area contributed by atoms with Crippen LogP contribution in [0.5, 0.6) is 5.75 Å². The average Bonchev–Trinajstić information content (AvgIpc) is 2.77. The van der Waals surface area contributed by atoms with E-state index in [1.807, 2.05) is 74.5 Å². The fourth-order valence-electron chi connectivity index (χ4n) is 3.45. The van der Waals surface area contributed by atoms with Gasteiger partial charge in [-0.2, -0.15) is 0 Å². The summed E-state index contributed by atoms with van der Waals surface area (Å²) in [4.78, 5) is 21.0. The molecule has 0 fully saturated rings. The van der Waals surface area contributed by atoms with E-state index in [1.165, 1.54) is 5.39 Å². The third kappa shape index (κ3) is 5.82. The minimum atomic E-state index is -0.0366. The zero-order valence-electron chi connectivity index (χ0n) is 18.3. The van der Waals surface area contributed by atoms with E-state index in [-0.39, 0.29) is 5.91 Å². The normalized spacial score (nSPS) is 10.7. The molecule has 0 radical (unpaired) electrons. The van der Waals surface area contributed by atoms with Gasteiger partial charge in [0.25, 0.3) is 0 Å². The quantitative estimate of drug-likeness (QED) is 0.349. The third-order valence-electron chi connectivity index (χ3n) is 4.94. The first kappa shape index (κ1) is 21.3. The molecule has 0 bridgehead atoms. The van der Waals surface area contributed by atoms with Gasteiger partial charge in [0.1, 0.15) is 5.75 Å². The van der Waals surface area contributed by atoms with Gasteiger partial charge in [0.15, 0.2) is 0 Å². The van der Waals surface area contributed by atoms with Crippen LogP contribution in [0.25, 0.3) is 10.8 Å². The Balaban J connectivity index is 1.22. The highest BCUT2D eigenvalue weighted by atomic mass is 16.5. The van der Waals surface area contributed by atoms with Crippen molar-refractivity contribution < 1.29 is 9.53 Å². The maximum Gasteiger partial charge on any atom is 0.227 e. The molecule has 0 aliphatic heterocycles. The summed E-state index contributed by atoms with van der Waals surface area (Å²) < 4.78 is 5.80. The number of aryl methyl sites for hydroxylation is 2. The number of hydrogen-bond donors (Lipinski definition) is 2. The highest BCUT2D eigenvalue weighted by Gasteiger charge is 2.05. The van der Waals surface area contributed by atoms with Crippen molar-refractivity contribution in [3.63, 3.8) is 0 Å². The molecule has 0 aliphatic carbocycles. The van der Waals surface area contributed by atoms with E-state index >= 15 is 0 Å². The first-order chi connectivity index (χ1) is 15.5. The van der Waals surface area contributed by atoms with Crippen LogP contribution in [0.4, 0.5) is 17.3 Å². The van der Waals surface area contributed by atoms with E-state index in [0.717, 1.165) is 33.9 Å². The molecular weight excluding hydrogens is 400 g/mol. The largest absolute Gasteiger partial charge is 0.494 e. The zero-order chi connectivity index (χ0) is 22.3. The van der Waals surface area contributed by atoms with Gasteiger partial charge in [-0.15, -0.1) is 0 Å². The molecule has 0 aliphatic rings. The number of nitrogens with one attached hydrogen (secondary N) is 2. The van der Waals surface area contributed by atoms with E-state index in [2.05, 4.69) is 32.7 Å². The van der Waals surface area contributed by atoms with Crippen molar-refractivity contribution in [3.05, 3.63) is 84.2 Å². The maximum absolute atomic E-state index is 12.2. The molecule has 32 heavy (non-hydrogen) atoms. The number of ether oxygens (including phenoxy) is 1. The first-order valence-corrected chi connectivity index (χ1v) is 10.7. The number of anilines is 3. The lowest BCUT2D eigenvalue weighted by molar-refractivity contribution is -0.116. The smallest absolute Gasteiger partial charge is 0.227 e. The molecule has 0 saturated carbocycles. The summed E-state index contributed by atoms with van der Waals surface area (Å²) in [6.45, 7) is 4.36. The molecule has 0 atom stereocenters. The summed E-state index contributed by atoms with van der Waals surface area (Å²) in [6, 6.07) is 23.6. The molecule has 0 saturated heterocycles. The minimum absolute atomic E-state index is 0.0366. The molecule has 6 nitrogen and oxygen atoms in total. The standard InChI is InChI=1S/C26H26N4O2/c1-18-16-19(2)28-26(27-18)30-23-12-10-22(11-13-23)29-25(31)8-5-15-32-24-14-9-20-6-3-4-7-21(20)17-24/h3-4,6-7,9-14,16-17H,5,8,15H2,1-2H3,(H,29,31)(H,27,28,30). The van der Waals surface area contributed by atoms with E-state index in [9.17, 15) is 4.79 Å². The van der Waals surface area contributed by atoms with Gasteiger partial charge < -0.3 is 15.4 Å². The Bertz CT molecular complexity index is 1200. The molecular formula is C26H26N4O2. The number of rotatable bonds is 8. The van der Waals surface area contributed by atoms with Gasteiger partial charge in [0.2, 0.25) is 11.9 Å². The van der Waals surface area contributed by atoms with Gasteiger partial charge in [-0.3, -0.25) is 4.79 Å². The molecule has 1 aromatic heterocycles. The molecule has 2 N–H and O–H groups in total. The Labute approximate surface area is 187 Å². The van der Waals surface area contributed by atoms with Gasteiger partial charge >= 0.3 is 0 Å². The van der Waals surface area contributed by atoms with Crippen LogP contribution < -0.4 is 15.4 Å². The van der Waals surface area contributed by atoms with Crippen molar-refractivity contribution in [2.75, 3.05) is 17.2 Å². The molecule has 1 amide bonds. The predicted molar refractivity (Wildman–Crippen MR) is 129 cm³/mol. The highest BCUT2D eigenvalue weighted by Crippen LogP contribution is 2.21. The van der Waals surface area contributed by atoms with E-state index in [0.29, 0.717) is 25.4 Å². The summed E-state index contributed by atoms with van der Waals surface area (Å²) in [5.74, 6) is 1.34. The van der Waals surface area contributed by atoms with Gasteiger partial charge in [-0.25, -0.2) is 9.97 Å². The number of carbonyl (C=O) groups excluding carboxylic acids is 1. The highest BCUT2D eigenvalue weighted by molar-refractivity contribution is 5.90. The van der Waals surface area contributed by atoms with E-state index < -0.39 is 0 Å². The van der Waals surface area contributed by atoms with Crippen molar-refractivity contribution in [3.8, 4) is 5.75 Å². The number of amides is 1.